The van der Waals surface area contributed by atoms with Crippen LogP contribution in [0.15, 0.2) is 48.5 Å². The fourth-order valence-electron chi connectivity index (χ4n) is 2.65. The summed E-state index contributed by atoms with van der Waals surface area (Å²) in [6, 6.07) is 15.4. The van der Waals surface area contributed by atoms with E-state index >= 15 is 0 Å². The molecule has 102 valence electrons. The van der Waals surface area contributed by atoms with Crippen LogP contribution in [0.1, 0.15) is 22.3 Å². The van der Waals surface area contributed by atoms with Crippen LogP contribution >= 0.6 is 0 Å². The number of rotatable bonds is 2. The van der Waals surface area contributed by atoms with Crippen molar-refractivity contribution in [2.75, 3.05) is 18.6 Å². The predicted octanol–water partition coefficient (Wildman–Crippen LogP) is 3.29. The van der Waals surface area contributed by atoms with Crippen LogP contribution in [0.25, 0.3) is 0 Å². The van der Waals surface area contributed by atoms with E-state index in [0.717, 1.165) is 36.4 Å². The van der Waals surface area contributed by atoms with Gasteiger partial charge in [0.05, 0.1) is 7.11 Å². The number of aryl methyl sites for hydroxylation is 1. The molecule has 3 nitrogen and oxygen atoms in total. The smallest absolute Gasteiger partial charge is 0.258 e. The topological polar surface area (TPSA) is 29.5 Å². The second-order valence-corrected chi connectivity index (χ2v) is 4.92. The average molecular weight is 267 g/mol. The lowest BCUT2D eigenvalue weighted by molar-refractivity contribution is 0.0985. The maximum atomic E-state index is 12.6. The van der Waals surface area contributed by atoms with Gasteiger partial charge in [0, 0.05) is 17.8 Å². The van der Waals surface area contributed by atoms with Crippen LogP contribution in [-0.2, 0) is 6.42 Å². The van der Waals surface area contributed by atoms with E-state index in [1.54, 1.807) is 7.11 Å². The molecule has 0 atom stereocenters. The number of hydrogen-bond acceptors (Lipinski definition) is 2. The number of nitrogens with zero attached hydrogens (tertiary/aromatic N) is 1. The molecule has 0 unspecified atom stereocenters. The summed E-state index contributed by atoms with van der Waals surface area (Å²) in [5, 5.41) is 0. The van der Waals surface area contributed by atoms with E-state index in [1.807, 2.05) is 53.4 Å². The second-order valence-electron chi connectivity index (χ2n) is 4.92. The highest BCUT2D eigenvalue weighted by Gasteiger charge is 2.23. The lowest BCUT2D eigenvalue weighted by Crippen LogP contribution is -2.35. The largest absolute Gasteiger partial charge is 0.497 e. The van der Waals surface area contributed by atoms with Crippen molar-refractivity contribution in [2.45, 2.75) is 12.8 Å². The summed E-state index contributed by atoms with van der Waals surface area (Å²) in [6.45, 7) is 0.771. The monoisotopic (exact) mass is 267 g/mol. The van der Waals surface area contributed by atoms with Crippen molar-refractivity contribution < 1.29 is 9.53 Å². The van der Waals surface area contributed by atoms with Gasteiger partial charge in [0.1, 0.15) is 5.75 Å². The van der Waals surface area contributed by atoms with E-state index < -0.39 is 0 Å². The predicted molar refractivity (Wildman–Crippen MR) is 79.4 cm³/mol. The van der Waals surface area contributed by atoms with Gasteiger partial charge in [-0.1, -0.05) is 18.2 Å². The molecule has 1 heterocycles. The number of anilines is 1. The van der Waals surface area contributed by atoms with Gasteiger partial charge in [-0.25, -0.2) is 0 Å². The van der Waals surface area contributed by atoms with Crippen LogP contribution in [0.3, 0.4) is 0 Å². The highest BCUT2D eigenvalue weighted by atomic mass is 16.5. The second kappa shape index (κ2) is 5.37. The Balaban J connectivity index is 1.96. The van der Waals surface area contributed by atoms with Crippen molar-refractivity contribution in [3.63, 3.8) is 0 Å². The van der Waals surface area contributed by atoms with E-state index in [0.29, 0.717) is 0 Å². The Bertz CT molecular complexity index is 622. The number of hydrogen-bond donors (Lipinski definition) is 0. The average Bonchev–Trinajstić information content (AvgIpc) is 2.54. The Morgan fingerprint density at radius 2 is 1.95 bits per heavy atom. The molecular formula is C17H17NO2. The third kappa shape index (κ3) is 2.27. The van der Waals surface area contributed by atoms with E-state index in [2.05, 4.69) is 0 Å². The number of ether oxygens (including phenoxy) is 1. The van der Waals surface area contributed by atoms with E-state index in [4.69, 9.17) is 4.74 Å². The molecule has 1 amide bonds. The number of carbonyl (C=O) groups is 1. The number of amides is 1. The minimum Gasteiger partial charge on any atom is -0.497 e. The van der Waals surface area contributed by atoms with Crippen LogP contribution in [0, 0.1) is 0 Å². The minimum atomic E-state index is 0.0664. The van der Waals surface area contributed by atoms with E-state index in [1.165, 1.54) is 5.56 Å². The summed E-state index contributed by atoms with van der Waals surface area (Å²) in [4.78, 5) is 14.5. The number of fused-ring (bicyclic) bond motifs is 1. The first-order valence-corrected chi connectivity index (χ1v) is 6.83. The molecule has 1 aliphatic heterocycles. The number of carbonyl (C=O) groups excluding carboxylic acids is 1. The Kier molecular flexibility index (Phi) is 3.42. The first-order valence-electron chi connectivity index (χ1n) is 6.83. The van der Waals surface area contributed by atoms with Gasteiger partial charge in [0.2, 0.25) is 0 Å². The van der Waals surface area contributed by atoms with Gasteiger partial charge in [0.25, 0.3) is 5.91 Å². The zero-order valence-electron chi connectivity index (χ0n) is 11.5. The molecule has 3 heteroatoms. The standard InChI is InChI=1S/C17H17NO2/c1-20-15-9-10-16-14(12-15)8-5-11-18(16)17(19)13-6-3-2-4-7-13/h2-4,6-7,9-10,12H,5,8,11H2,1H3. The number of methoxy groups -OCH3 is 1. The van der Waals surface area contributed by atoms with Crippen molar-refractivity contribution in [1.82, 2.24) is 0 Å². The molecule has 0 saturated heterocycles. The molecule has 0 saturated carbocycles. The van der Waals surface area contributed by atoms with Crippen molar-refractivity contribution in [2.24, 2.45) is 0 Å². The lowest BCUT2D eigenvalue weighted by atomic mass is 10.0. The molecule has 3 rings (SSSR count). The molecular weight excluding hydrogens is 250 g/mol. The fraction of sp³-hybridized carbons (Fsp3) is 0.235. The van der Waals surface area contributed by atoms with E-state index in [9.17, 15) is 4.79 Å². The molecule has 0 spiro atoms. The highest BCUT2D eigenvalue weighted by molar-refractivity contribution is 6.06. The van der Waals surface area contributed by atoms with Crippen LogP contribution < -0.4 is 9.64 Å². The SMILES string of the molecule is COc1ccc2c(c1)CCCN2C(=O)c1ccccc1. The molecule has 0 bridgehead atoms. The maximum absolute atomic E-state index is 12.6. The Morgan fingerprint density at radius 3 is 2.70 bits per heavy atom. The van der Waals surface area contributed by atoms with Crippen molar-refractivity contribution in [3.05, 3.63) is 59.7 Å². The normalized spacial score (nSPS) is 13.8. The zero-order chi connectivity index (χ0) is 13.9. The first-order chi connectivity index (χ1) is 9.79. The molecule has 0 radical (unpaired) electrons. The van der Waals surface area contributed by atoms with Gasteiger partial charge in [0.15, 0.2) is 0 Å². The molecule has 2 aromatic rings. The highest BCUT2D eigenvalue weighted by Crippen LogP contribution is 2.31. The Labute approximate surface area is 118 Å². The van der Waals surface area contributed by atoms with Gasteiger partial charge < -0.3 is 9.64 Å². The quantitative estimate of drug-likeness (QED) is 0.835. The zero-order valence-corrected chi connectivity index (χ0v) is 11.5. The lowest BCUT2D eigenvalue weighted by Gasteiger charge is -2.29. The summed E-state index contributed by atoms with van der Waals surface area (Å²) < 4.78 is 5.26. The molecule has 0 N–H and O–H groups in total. The van der Waals surface area contributed by atoms with E-state index in [-0.39, 0.29) is 5.91 Å². The van der Waals surface area contributed by atoms with Crippen molar-refractivity contribution in [3.8, 4) is 5.75 Å². The summed E-state index contributed by atoms with van der Waals surface area (Å²) in [7, 11) is 1.66. The summed E-state index contributed by atoms with van der Waals surface area (Å²) >= 11 is 0. The fourth-order valence-corrected chi connectivity index (χ4v) is 2.65. The minimum absolute atomic E-state index is 0.0664. The van der Waals surface area contributed by atoms with Crippen molar-refractivity contribution in [1.29, 1.82) is 0 Å². The van der Waals surface area contributed by atoms with Gasteiger partial charge in [-0.15, -0.1) is 0 Å². The summed E-state index contributed by atoms with van der Waals surface area (Å²) in [6.07, 6.45) is 1.98. The van der Waals surface area contributed by atoms with Gasteiger partial charge in [-0.05, 0) is 48.7 Å². The third-order valence-corrected chi connectivity index (χ3v) is 3.67. The van der Waals surface area contributed by atoms with Crippen LogP contribution in [-0.4, -0.2) is 19.6 Å². The third-order valence-electron chi connectivity index (χ3n) is 3.67. The van der Waals surface area contributed by atoms with Crippen LogP contribution in [0.4, 0.5) is 5.69 Å². The van der Waals surface area contributed by atoms with Crippen LogP contribution in [0.2, 0.25) is 0 Å². The molecule has 1 aliphatic rings. The maximum Gasteiger partial charge on any atom is 0.258 e. The first kappa shape index (κ1) is 12.7. The number of benzene rings is 2. The Hall–Kier alpha value is -2.29. The van der Waals surface area contributed by atoms with Crippen LogP contribution in [0.5, 0.6) is 5.75 Å². The van der Waals surface area contributed by atoms with Gasteiger partial charge in [-0.2, -0.15) is 0 Å². The summed E-state index contributed by atoms with van der Waals surface area (Å²) in [5.74, 6) is 0.912. The molecule has 0 aliphatic carbocycles. The molecule has 0 fully saturated rings. The Morgan fingerprint density at radius 1 is 1.15 bits per heavy atom. The van der Waals surface area contributed by atoms with Gasteiger partial charge >= 0.3 is 0 Å². The van der Waals surface area contributed by atoms with Gasteiger partial charge in [-0.3, -0.25) is 4.79 Å². The molecule has 2 aromatic carbocycles. The van der Waals surface area contributed by atoms with Crippen molar-refractivity contribution >= 4 is 11.6 Å². The molecule has 0 aromatic heterocycles. The molecule has 20 heavy (non-hydrogen) atoms. The summed E-state index contributed by atoms with van der Waals surface area (Å²) in [5.41, 5.74) is 2.92.